The van der Waals surface area contributed by atoms with Gasteiger partial charge in [0.2, 0.25) is 0 Å². The SMILES string of the molecule is Cc1cc(C)cc(C(O)c2ccc(I)c(Cl)c2)c1. The summed E-state index contributed by atoms with van der Waals surface area (Å²) >= 11 is 8.27. The predicted octanol–water partition coefficient (Wildman–Crippen LogP) is 4.64. The Hall–Kier alpha value is -0.580. The minimum atomic E-state index is -0.627. The molecule has 2 aromatic rings. The summed E-state index contributed by atoms with van der Waals surface area (Å²) in [6.07, 6.45) is -0.627. The van der Waals surface area contributed by atoms with Crippen molar-refractivity contribution in [3.8, 4) is 0 Å². The Morgan fingerprint density at radius 1 is 1.00 bits per heavy atom. The van der Waals surface area contributed by atoms with E-state index < -0.39 is 6.10 Å². The summed E-state index contributed by atoms with van der Waals surface area (Å²) in [7, 11) is 0. The van der Waals surface area contributed by atoms with E-state index in [2.05, 4.69) is 28.7 Å². The van der Waals surface area contributed by atoms with Crippen molar-refractivity contribution in [1.82, 2.24) is 0 Å². The van der Waals surface area contributed by atoms with Crippen LogP contribution in [-0.4, -0.2) is 5.11 Å². The second-order valence-electron chi connectivity index (χ2n) is 4.50. The minimum absolute atomic E-state index is 0.627. The lowest BCUT2D eigenvalue weighted by atomic mass is 9.98. The molecule has 1 N–H and O–H groups in total. The van der Waals surface area contributed by atoms with Crippen LogP contribution in [0.4, 0.5) is 0 Å². The van der Waals surface area contributed by atoms with Crippen LogP contribution in [0.2, 0.25) is 5.02 Å². The molecule has 2 rings (SSSR count). The maximum absolute atomic E-state index is 10.4. The maximum atomic E-state index is 10.4. The highest BCUT2D eigenvalue weighted by Crippen LogP contribution is 2.28. The van der Waals surface area contributed by atoms with Crippen molar-refractivity contribution in [2.45, 2.75) is 20.0 Å². The quantitative estimate of drug-likeness (QED) is 0.761. The minimum Gasteiger partial charge on any atom is -0.384 e. The Bertz CT molecular complexity index is 560. The molecule has 0 aliphatic heterocycles. The summed E-state index contributed by atoms with van der Waals surface area (Å²) in [6, 6.07) is 11.8. The second kappa shape index (κ2) is 5.59. The van der Waals surface area contributed by atoms with Crippen LogP contribution in [0.3, 0.4) is 0 Å². The van der Waals surface area contributed by atoms with Crippen LogP contribution in [0.15, 0.2) is 36.4 Å². The van der Waals surface area contributed by atoms with Gasteiger partial charge < -0.3 is 5.11 Å². The van der Waals surface area contributed by atoms with Crippen molar-refractivity contribution in [3.05, 3.63) is 67.2 Å². The average Bonchev–Trinajstić information content (AvgIpc) is 2.30. The molecule has 0 bridgehead atoms. The molecule has 94 valence electrons. The molecule has 0 saturated carbocycles. The second-order valence-corrected chi connectivity index (χ2v) is 6.07. The first-order chi connectivity index (χ1) is 8.47. The van der Waals surface area contributed by atoms with E-state index in [9.17, 15) is 5.11 Å². The zero-order chi connectivity index (χ0) is 13.3. The van der Waals surface area contributed by atoms with E-state index in [0.29, 0.717) is 5.02 Å². The Morgan fingerprint density at radius 3 is 2.17 bits per heavy atom. The van der Waals surface area contributed by atoms with Crippen LogP contribution >= 0.6 is 34.2 Å². The average molecular weight is 373 g/mol. The van der Waals surface area contributed by atoms with Gasteiger partial charge in [-0.3, -0.25) is 0 Å². The van der Waals surface area contributed by atoms with Gasteiger partial charge in [-0.1, -0.05) is 47.0 Å². The normalized spacial score (nSPS) is 12.5. The number of benzene rings is 2. The fraction of sp³-hybridized carbons (Fsp3) is 0.200. The van der Waals surface area contributed by atoms with Gasteiger partial charge in [-0.15, -0.1) is 0 Å². The molecule has 1 unspecified atom stereocenters. The van der Waals surface area contributed by atoms with Gasteiger partial charge in [0.05, 0.1) is 5.02 Å². The summed E-state index contributed by atoms with van der Waals surface area (Å²) in [5.74, 6) is 0. The van der Waals surface area contributed by atoms with Crippen molar-refractivity contribution in [2.24, 2.45) is 0 Å². The van der Waals surface area contributed by atoms with E-state index in [4.69, 9.17) is 11.6 Å². The topological polar surface area (TPSA) is 20.2 Å². The first-order valence-corrected chi connectivity index (χ1v) is 7.14. The third-order valence-corrected chi connectivity index (χ3v) is 4.39. The van der Waals surface area contributed by atoms with E-state index in [-0.39, 0.29) is 0 Å². The molecule has 0 spiro atoms. The van der Waals surface area contributed by atoms with Gasteiger partial charge in [-0.05, 0) is 59.7 Å². The molecule has 1 atom stereocenters. The Morgan fingerprint density at radius 2 is 1.61 bits per heavy atom. The molecule has 0 aliphatic carbocycles. The smallest absolute Gasteiger partial charge is 0.104 e. The predicted molar refractivity (Wildman–Crippen MR) is 84.1 cm³/mol. The third kappa shape index (κ3) is 3.05. The van der Waals surface area contributed by atoms with Crippen molar-refractivity contribution in [2.75, 3.05) is 0 Å². The Kier molecular flexibility index (Phi) is 4.30. The van der Waals surface area contributed by atoms with Gasteiger partial charge in [0.25, 0.3) is 0 Å². The van der Waals surface area contributed by atoms with Crippen LogP contribution in [-0.2, 0) is 0 Å². The van der Waals surface area contributed by atoms with Gasteiger partial charge in [0.1, 0.15) is 6.10 Å². The summed E-state index contributed by atoms with van der Waals surface area (Å²) in [5, 5.41) is 11.1. The first-order valence-electron chi connectivity index (χ1n) is 5.68. The van der Waals surface area contributed by atoms with Gasteiger partial charge >= 0.3 is 0 Å². The molecular weight excluding hydrogens is 359 g/mol. The molecule has 3 heteroatoms. The number of rotatable bonds is 2. The van der Waals surface area contributed by atoms with Crippen molar-refractivity contribution < 1.29 is 5.11 Å². The molecule has 18 heavy (non-hydrogen) atoms. The number of hydrogen-bond acceptors (Lipinski definition) is 1. The number of aliphatic hydroxyl groups excluding tert-OH is 1. The molecule has 0 aliphatic rings. The van der Waals surface area contributed by atoms with E-state index in [1.54, 1.807) is 0 Å². The van der Waals surface area contributed by atoms with E-state index >= 15 is 0 Å². The van der Waals surface area contributed by atoms with Crippen molar-refractivity contribution in [3.63, 3.8) is 0 Å². The molecule has 0 radical (unpaired) electrons. The molecule has 0 amide bonds. The fourth-order valence-electron chi connectivity index (χ4n) is 2.04. The van der Waals surface area contributed by atoms with Crippen molar-refractivity contribution in [1.29, 1.82) is 0 Å². The highest BCUT2D eigenvalue weighted by Gasteiger charge is 2.12. The molecule has 0 aromatic heterocycles. The zero-order valence-electron chi connectivity index (χ0n) is 10.2. The molecule has 1 nitrogen and oxygen atoms in total. The van der Waals surface area contributed by atoms with Gasteiger partial charge in [-0.25, -0.2) is 0 Å². The molecule has 2 aromatic carbocycles. The Labute approximate surface area is 126 Å². The number of halogens is 2. The third-order valence-electron chi connectivity index (χ3n) is 2.82. The fourth-order valence-corrected chi connectivity index (χ4v) is 2.57. The number of aliphatic hydroxyl groups is 1. The van der Waals surface area contributed by atoms with Crippen LogP contribution in [0, 0.1) is 17.4 Å². The molecule has 0 heterocycles. The van der Waals surface area contributed by atoms with Crippen molar-refractivity contribution >= 4 is 34.2 Å². The highest BCUT2D eigenvalue weighted by molar-refractivity contribution is 14.1. The van der Waals surface area contributed by atoms with Crippen LogP contribution in [0.1, 0.15) is 28.4 Å². The van der Waals surface area contributed by atoms with E-state index in [1.165, 1.54) is 0 Å². The summed E-state index contributed by atoms with van der Waals surface area (Å²) in [5.41, 5.74) is 4.04. The highest BCUT2D eigenvalue weighted by atomic mass is 127. The summed E-state index contributed by atoms with van der Waals surface area (Å²) in [6.45, 7) is 4.06. The first kappa shape index (κ1) is 13.8. The molecule has 0 fully saturated rings. The van der Waals surface area contributed by atoms with E-state index in [1.807, 2.05) is 44.2 Å². The number of aryl methyl sites for hydroxylation is 2. The Balaban J connectivity index is 2.40. The van der Waals surface area contributed by atoms with Gasteiger partial charge in [0.15, 0.2) is 0 Å². The van der Waals surface area contributed by atoms with Crippen LogP contribution in [0.5, 0.6) is 0 Å². The lowest BCUT2D eigenvalue weighted by Gasteiger charge is -2.14. The van der Waals surface area contributed by atoms with Gasteiger partial charge in [0, 0.05) is 3.57 Å². The lowest BCUT2D eigenvalue weighted by Crippen LogP contribution is -2.01. The standard InChI is InChI=1S/C15H14ClIO/c1-9-5-10(2)7-12(6-9)15(18)11-3-4-14(17)13(16)8-11/h3-8,15,18H,1-2H3. The monoisotopic (exact) mass is 372 g/mol. The summed E-state index contributed by atoms with van der Waals surface area (Å²) < 4.78 is 0.991. The summed E-state index contributed by atoms with van der Waals surface area (Å²) in [4.78, 5) is 0. The largest absolute Gasteiger partial charge is 0.384 e. The van der Waals surface area contributed by atoms with Gasteiger partial charge in [-0.2, -0.15) is 0 Å². The zero-order valence-corrected chi connectivity index (χ0v) is 13.2. The lowest BCUT2D eigenvalue weighted by molar-refractivity contribution is 0.220. The molecular formula is C15H14ClIO. The maximum Gasteiger partial charge on any atom is 0.104 e. The van der Waals surface area contributed by atoms with Crippen LogP contribution in [0.25, 0.3) is 0 Å². The molecule has 0 saturated heterocycles. The van der Waals surface area contributed by atoms with E-state index in [0.717, 1.165) is 25.8 Å². The number of hydrogen-bond donors (Lipinski definition) is 1. The van der Waals surface area contributed by atoms with Crippen LogP contribution < -0.4 is 0 Å².